The van der Waals surface area contributed by atoms with Crippen LogP contribution >= 0.6 is 0 Å². The number of oxime groups is 1. The Morgan fingerprint density at radius 1 is 1.25 bits per heavy atom. The van der Waals surface area contributed by atoms with Crippen molar-refractivity contribution in [1.29, 1.82) is 0 Å². The molecule has 0 aliphatic rings. The predicted octanol–water partition coefficient (Wildman–Crippen LogP) is 1.36. The fourth-order valence-electron chi connectivity index (χ4n) is 0.989. The lowest BCUT2D eigenvalue weighted by Crippen LogP contribution is -2.36. The molecule has 0 rings (SSSR count). The summed E-state index contributed by atoms with van der Waals surface area (Å²) < 4.78 is 10.2. The number of hydrogen-bond acceptors (Lipinski definition) is 5. The summed E-state index contributed by atoms with van der Waals surface area (Å²) in [6.45, 7) is 5.76. The van der Waals surface area contributed by atoms with E-state index in [0.717, 1.165) is 0 Å². The molecule has 94 valence electrons. The molecule has 6 heteroatoms. The van der Waals surface area contributed by atoms with E-state index in [2.05, 4.69) is 15.3 Å². The quantitative estimate of drug-likeness (QED) is 0.344. The van der Waals surface area contributed by atoms with Crippen molar-refractivity contribution in [2.45, 2.75) is 27.1 Å². The zero-order valence-electron chi connectivity index (χ0n) is 10.7. The van der Waals surface area contributed by atoms with E-state index in [9.17, 15) is 4.79 Å². The zero-order chi connectivity index (χ0) is 12.8. The van der Waals surface area contributed by atoms with Gasteiger partial charge in [0.05, 0.1) is 0 Å². The summed E-state index contributed by atoms with van der Waals surface area (Å²) in [6.07, 6.45) is -1.27. The molecule has 0 atom stereocenters. The Bertz CT molecular complexity index is 254. The maximum absolute atomic E-state index is 10.9. The second kappa shape index (κ2) is 6.44. The molecule has 0 saturated carbocycles. The van der Waals surface area contributed by atoms with Gasteiger partial charge in [-0.1, -0.05) is 25.9 Å². The Labute approximate surface area is 95.9 Å². The normalized spacial score (nSPS) is 12.8. The van der Waals surface area contributed by atoms with Crippen LogP contribution < -0.4 is 5.32 Å². The average Bonchev–Trinajstić information content (AvgIpc) is 2.21. The second-order valence-electron chi connectivity index (χ2n) is 4.16. The Morgan fingerprint density at radius 2 is 1.75 bits per heavy atom. The van der Waals surface area contributed by atoms with Crippen LogP contribution in [0.3, 0.4) is 0 Å². The lowest BCUT2D eigenvalue weighted by atomic mass is 9.89. The summed E-state index contributed by atoms with van der Waals surface area (Å²) in [6, 6.07) is 0. The Morgan fingerprint density at radius 3 is 2.06 bits per heavy atom. The van der Waals surface area contributed by atoms with Gasteiger partial charge in [-0.2, -0.15) is 0 Å². The first-order chi connectivity index (χ1) is 7.36. The number of carbonyl (C=O) groups is 1. The third-order valence-electron chi connectivity index (χ3n) is 1.85. The number of nitrogens with one attached hydrogen (secondary N) is 1. The fraction of sp³-hybridized carbons (Fsp3) is 0.800. The number of rotatable bonds is 4. The molecule has 0 spiro atoms. The summed E-state index contributed by atoms with van der Waals surface area (Å²) >= 11 is 0. The van der Waals surface area contributed by atoms with Crippen molar-refractivity contribution < 1.29 is 19.1 Å². The monoisotopic (exact) mass is 232 g/mol. The van der Waals surface area contributed by atoms with E-state index in [0.29, 0.717) is 5.71 Å². The van der Waals surface area contributed by atoms with E-state index in [1.165, 1.54) is 21.3 Å². The minimum atomic E-state index is -0.635. The number of ether oxygens (including phenoxy) is 2. The topological polar surface area (TPSA) is 69.2 Å². The highest BCUT2D eigenvalue weighted by molar-refractivity contribution is 5.92. The van der Waals surface area contributed by atoms with Gasteiger partial charge in [0.2, 0.25) is 0 Å². The van der Waals surface area contributed by atoms with Gasteiger partial charge in [0.1, 0.15) is 5.71 Å². The van der Waals surface area contributed by atoms with Crippen LogP contribution in [-0.4, -0.2) is 39.4 Å². The predicted molar refractivity (Wildman–Crippen MR) is 60.2 cm³/mol. The number of nitrogens with zero attached hydrogens (tertiary/aromatic N) is 1. The Balaban J connectivity index is 4.87. The average molecular weight is 232 g/mol. The standard InChI is InChI=1S/C10H20N2O4/c1-10(2,3)7(8(14-5)15-6)12-16-9(13)11-4/h8H,1-6H3,(H,11,13). The summed E-state index contributed by atoms with van der Waals surface area (Å²) in [5.41, 5.74) is 0.172. The smallest absolute Gasteiger partial charge is 0.351 e. The molecule has 0 radical (unpaired) electrons. The first-order valence-corrected chi connectivity index (χ1v) is 4.89. The summed E-state index contributed by atoms with van der Waals surface area (Å²) in [4.78, 5) is 15.6. The molecule has 1 N–H and O–H groups in total. The molecule has 16 heavy (non-hydrogen) atoms. The number of hydrogen-bond donors (Lipinski definition) is 1. The van der Waals surface area contributed by atoms with E-state index in [1.807, 2.05) is 20.8 Å². The minimum absolute atomic E-state index is 0.329. The van der Waals surface area contributed by atoms with Gasteiger partial charge < -0.3 is 14.8 Å². The largest absolute Gasteiger partial charge is 0.433 e. The molecule has 0 aliphatic carbocycles. The van der Waals surface area contributed by atoms with Crippen molar-refractivity contribution >= 4 is 11.8 Å². The molecular weight excluding hydrogens is 212 g/mol. The highest BCUT2D eigenvalue weighted by atomic mass is 16.7. The highest BCUT2D eigenvalue weighted by Gasteiger charge is 2.28. The van der Waals surface area contributed by atoms with Gasteiger partial charge in [-0.05, 0) is 0 Å². The number of carbonyl (C=O) groups excluding carboxylic acids is 1. The van der Waals surface area contributed by atoms with Gasteiger partial charge >= 0.3 is 6.09 Å². The molecule has 0 unspecified atom stereocenters. The molecule has 0 aromatic rings. The van der Waals surface area contributed by atoms with Gasteiger partial charge in [0, 0.05) is 26.7 Å². The van der Waals surface area contributed by atoms with Crippen LogP contribution in [0.1, 0.15) is 20.8 Å². The molecule has 0 saturated heterocycles. The molecule has 0 bridgehead atoms. The van der Waals surface area contributed by atoms with Crippen LogP contribution in [0, 0.1) is 5.41 Å². The van der Waals surface area contributed by atoms with E-state index >= 15 is 0 Å². The van der Waals surface area contributed by atoms with Gasteiger partial charge in [-0.25, -0.2) is 4.79 Å². The van der Waals surface area contributed by atoms with Crippen molar-refractivity contribution in [1.82, 2.24) is 5.32 Å². The van der Waals surface area contributed by atoms with Gasteiger partial charge in [0.15, 0.2) is 6.29 Å². The van der Waals surface area contributed by atoms with E-state index in [4.69, 9.17) is 9.47 Å². The summed E-state index contributed by atoms with van der Waals surface area (Å²) in [5.74, 6) is 0. The second-order valence-corrected chi connectivity index (χ2v) is 4.16. The highest BCUT2D eigenvalue weighted by Crippen LogP contribution is 2.20. The summed E-state index contributed by atoms with van der Waals surface area (Å²) in [5, 5.41) is 6.06. The number of methoxy groups -OCH3 is 2. The Kier molecular flexibility index (Phi) is 5.98. The van der Waals surface area contributed by atoms with Gasteiger partial charge in [-0.15, -0.1) is 0 Å². The van der Waals surface area contributed by atoms with Gasteiger partial charge in [0.25, 0.3) is 0 Å². The molecule has 6 nitrogen and oxygen atoms in total. The van der Waals surface area contributed by atoms with Crippen LogP contribution in [0.15, 0.2) is 5.16 Å². The molecule has 0 aliphatic heterocycles. The summed E-state index contributed by atoms with van der Waals surface area (Å²) in [7, 11) is 4.45. The van der Waals surface area contributed by atoms with Crippen LogP contribution in [0.25, 0.3) is 0 Å². The zero-order valence-corrected chi connectivity index (χ0v) is 10.7. The van der Waals surface area contributed by atoms with Gasteiger partial charge in [-0.3, -0.25) is 4.84 Å². The lowest BCUT2D eigenvalue weighted by molar-refractivity contribution is -0.0584. The third-order valence-corrected chi connectivity index (χ3v) is 1.85. The molecule has 0 heterocycles. The van der Waals surface area contributed by atoms with E-state index in [1.54, 1.807) is 0 Å². The van der Waals surface area contributed by atoms with Crippen molar-refractivity contribution in [2.24, 2.45) is 10.6 Å². The molecule has 1 amide bonds. The van der Waals surface area contributed by atoms with Crippen LogP contribution in [0.4, 0.5) is 4.79 Å². The maximum atomic E-state index is 10.9. The first-order valence-electron chi connectivity index (χ1n) is 4.89. The van der Waals surface area contributed by atoms with Crippen LogP contribution in [0.5, 0.6) is 0 Å². The fourth-order valence-corrected chi connectivity index (χ4v) is 0.989. The van der Waals surface area contributed by atoms with E-state index in [-0.39, 0.29) is 5.41 Å². The van der Waals surface area contributed by atoms with Crippen molar-refractivity contribution in [3.63, 3.8) is 0 Å². The van der Waals surface area contributed by atoms with E-state index < -0.39 is 12.4 Å². The molecular formula is C10H20N2O4. The van der Waals surface area contributed by atoms with Crippen molar-refractivity contribution in [2.75, 3.05) is 21.3 Å². The van der Waals surface area contributed by atoms with Crippen molar-refractivity contribution in [3.8, 4) is 0 Å². The lowest BCUT2D eigenvalue weighted by Gasteiger charge is -2.25. The number of amides is 1. The molecule has 0 aromatic carbocycles. The third kappa shape index (κ3) is 4.59. The van der Waals surface area contributed by atoms with Crippen LogP contribution in [0.2, 0.25) is 0 Å². The first kappa shape index (κ1) is 14.9. The van der Waals surface area contributed by atoms with Crippen LogP contribution in [-0.2, 0) is 14.3 Å². The molecule has 0 aromatic heterocycles. The molecule has 0 fully saturated rings. The van der Waals surface area contributed by atoms with Crippen molar-refractivity contribution in [3.05, 3.63) is 0 Å². The Hall–Kier alpha value is -1.14. The maximum Gasteiger partial charge on any atom is 0.433 e. The minimum Gasteiger partial charge on any atom is -0.351 e. The SMILES string of the molecule is CNC(=O)ON=C(C(OC)OC)C(C)(C)C.